The molecule has 0 aliphatic carbocycles. The van der Waals surface area contributed by atoms with E-state index in [1.807, 2.05) is 13.8 Å². The summed E-state index contributed by atoms with van der Waals surface area (Å²) in [6.07, 6.45) is 0. The number of carbonyl (C=O) groups excluding carboxylic acids is 1. The van der Waals surface area contributed by atoms with Crippen molar-refractivity contribution in [3.8, 4) is 0 Å². The van der Waals surface area contributed by atoms with E-state index in [9.17, 15) is 4.79 Å². The van der Waals surface area contributed by atoms with Crippen molar-refractivity contribution >= 4 is 17.7 Å². The van der Waals surface area contributed by atoms with Crippen LogP contribution in [0.2, 0.25) is 0 Å². The summed E-state index contributed by atoms with van der Waals surface area (Å²) in [5.41, 5.74) is 0. The fourth-order valence-electron chi connectivity index (χ4n) is 0.837. The molecule has 1 aromatic rings. The highest BCUT2D eigenvalue weighted by molar-refractivity contribution is 7.99. The van der Waals surface area contributed by atoms with Gasteiger partial charge in [-0.2, -0.15) is 0 Å². The van der Waals surface area contributed by atoms with Crippen LogP contribution in [0, 0.1) is 0 Å². The number of tetrazole rings is 1. The van der Waals surface area contributed by atoms with Gasteiger partial charge in [0.15, 0.2) is 0 Å². The number of hydrogen-bond donors (Lipinski definition) is 1. The Balaban J connectivity index is 2.34. The van der Waals surface area contributed by atoms with Crippen molar-refractivity contribution in [2.45, 2.75) is 25.0 Å². The van der Waals surface area contributed by atoms with Crippen LogP contribution in [-0.2, 0) is 11.8 Å². The summed E-state index contributed by atoms with van der Waals surface area (Å²) in [5.74, 6) is 0.333. The first-order valence-corrected chi connectivity index (χ1v) is 5.22. The van der Waals surface area contributed by atoms with Crippen LogP contribution >= 0.6 is 11.8 Å². The van der Waals surface area contributed by atoms with Crippen molar-refractivity contribution in [1.82, 2.24) is 25.5 Å². The number of aryl methyl sites for hydroxylation is 1. The number of rotatable bonds is 4. The third kappa shape index (κ3) is 3.33. The molecule has 6 nitrogen and oxygen atoms in total. The zero-order valence-corrected chi connectivity index (χ0v) is 9.21. The Morgan fingerprint density at radius 2 is 2.36 bits per heavy atom. The van der Waals surface area contributed by atoms with E-state index in [0.29, 0.717) is 10.9 Å². The minimum absolute atomic E-state index is 0.00648. The summed E-state index contributed by atoms with van der Waals surface area (Å²) in [7, 11) is 1.74. The van der Waals surface area contributed by atoms with Gasteiger partial charge in [-0.3, -0.25) is 4.79 Å². The Labute approximate surface area is 86.4 Å². The molecule has 0 unspecified atom stereocenters. The molecule has 1 heterocycles. The van der Waals surface area contributed by atoms with Gasteiger partial charge < -0.3 is 5.32 Å². The van der Waals surface area contributed by atoms with Gasteiger partial charge in [0, 0.05) is 13.1 Å². The monoisotopic (exact) mass is 215 g/mol. The molecule has 0 bridgehead atoms. The second kappa shape index (κ2) is 4.94. The van der Waals surface area contributed by atoms with Crippen LogP contribution in [0.25, 0.3) is 0 Å². The second-order valence-electron chi connectivity index (χ2n) is 3.10. The molecule has 0 spiro atoms. The molecule has 1 N–H and O–H groups in total. The highest BCUT2D eigenvalue weighted by Crippen LogP contribution is 2.11. The van der Waals surface area contributed by atoms with Gasteiger partial charge in [-0.25, -0.2) is 4.68 Å². The Morgan fingerprint density at radius 3 is 2.86 bits per heavy atom. The van der Waals surface area contributed by atoms with Gasteiger partial charge in [-0.15, -0.1) is 5.10 Å². The SMILES string of the molecule is CC(C)NC(=O)CSc1nnnn1C. The highest BCUT2D eigenvalue weighted by Gasteiger charge is 2.07. The van der Waals surface area contributed by atoms with Gasteiger partial charge in [0.2, 0.25) is 11.1 Å². The van der Waals surface area contributed by atoms with Gasteiger partial charge in [0.1, 0.15) is 0 Å². The average Bonchev–Trinajstić information content (AvgIpc) is 2.46. The Morgan fingerprint density at radius 1 is 1.64 bits per heavy atom. The van der Waals surface area contributed by atoms with E-state index in [0.717, 1.165) is 0 Å². The minimum Gasteiger partial charge on any atom is -0.353 e. The van der Waals surface area contributed by atoms with Gasteiger partial charge in [0.25, 0.3) is 0 Å². The number of amides is 1. The molecule has 0 saturated heterocycles. The Bertz CT molecular complexity index is 311. The van der Waals surface area contributed by atoms with Gasteiger partial charge in [-0.1, -0.05) is 11.8 Å². The smallest absolute Gasteiger partial charge is 0.230 e. The molecule has 0 aliphatic heterocycles. The van der Waals surface area contributed by atoms with Crippen LogP contribution in [0.15, 0.2) is 5.16 Å². The first-order chi connectivity index (χ1) is 6.59. The number of hydrogen-bond acceptors (Lipinski definition) is 5. The fraction of sp³-hybridized carbons (Fsp3) is 0.714. The van der Waals surface area contributed by atoms with E-state index in [4.69, 9.17) is 0 Å². The third-order valence-electron chi connectivity index (χ3n) is 1.36. The van der Waals surface area contributed by atoms with Crippen molar-refractivity contribution in [3.63, 3.8) is 0 Å². The summed E-state index contributed by atoms with van der Waals surface area (Å²) >= 11 is 1.32. The molecular formula is C7H13N5OS. The van der Waals surface area contributed by atoms with Crippen molar-refractivity contribution in [2.24, 2.45) is 7.05 Å². The molecule has 0 fully saturated rings. The summed E-state index contributed by atoms with van der Waals surface area (Å²) < 4.78 is 1.54. The first-order valence-electron chi connectivity index (χ1n) is 4.24. The zero-order valence-electron chi connectivity index (χ0n) is 8.39. The molecule has 1 aromatic heterocycles. The topological polar surface area (TPSA) is 72.7 Å². The van der Waals surface area contributed by atoms with Crippen molar-refractivity contribution in [3.05, 3.63) is 0 Å². The standard InChI is InChI=1S/C7H13N5OS/c1-5(2)8-6(13)4-14-7-9-10-11-12(7)3/h5H,4H2,1-3H3,(H,8,13). The quantitative estimate of drug-likeness (QED) is 0.706. The lowest BCUT2D eigenvalue weighted by molar-refractivity contribution is -0.119. The van der Waals surface area contributed by atoms with Crippen LogP contribution in [0.5, 0.6) is 0 Å². The van der Waals surface area contributed by atoms with Gasteiger partial charge in [-0.05, 0) is 24.3 Å². The predicted octanol–water partition coefficient (Wildman–Crippen LogP) is -0.173. The summed E-state index contributed by atoms with van der Waals surface area (Å²) in [4.78, 5) is 11.3. The summed E-state index contributed by atoms with van der Waals surface area (Å²) in [6, 6.07) is 0.167. The molecule has 1 rings (SSSR count). The molecule has 0 radical (unpaired) electrons. The van der Waals surface area contributed by atoms with E-state index >= 15 is 0 Å². The van der Waals surface area contributed by atoms with Crippen molar-refractivity contribution in [1.29, 1.82) is 0 Å². The number of aromatic nitrogens is 4. The lowest BCUT2D eigenvalue weighted by atomic mass is 10.4. The van der Waals surface area contributed by atoms with Crippen LogP contribution < -0.4 is 5.32 Å². The maximum atomic E-state index is 11.3. The number of carbonyl (C=O) groups is 1. The van der Waals surface area contributed by atoms with Crippen LogP contribution in [0.1, 0.15) is 13.8 Å². The molecule has 14 heavy (non-hydrogen) atoms. The molecule has 7 heteroatoms. The minimum atomic E-state index is -0.00648. The molecule has 0 saturated carbocycles. The third-order valence-corrected chi connectivity index (χ3v) is 2.37. The number of nitrogens with zero attached hydrogens (tertiary/aromatic N) is 4. The average molecular weight is 215 g/mol. The van der Waals surface area contributed by atoms with E-state index in [1.165, 1.54) is 16.4 Å². The maximum absolute atomic E-state index is 11.3. The first kappa shape index (κ1) is 11.0. The van der Waals surface area contributed by atoms with Crippen molar-refractivity contribution in [2.75, 3.05) is 5.75 Å². The molecule has 1 amide bonds. The number of nitrogens with one attached hydrogen (secondary N) is 1. The molecular weight excluding hydrogens is 202 g/mol. The van der Waals surface area contributed by atoms with E-state index < -0.39 is 0 Å². The molecule has 0 aromatic carbocycles. The van der Waals surface area contributed by atoms with E-state index in [2.05, 4.69) is 20.8 Å². The van der Waals surface area contributed by atoms with E-state index in [-0.39, 0.29) is 11.9 Å². The molecule has 0 aliphatic rings. The van der Waals surface area contributed by atoms with Crippen LogP contribution in [0.3, 0.4) is 0 Å². The van der Waals surface area contributed by atoms with E-state index in [1.54, 1.807) is 7.05 Å². The van der Waals surface area contributed by atoms with Gasteiger partial charge in [0.05, 0.1) is 5.75 Å². The lowest BCUT2D eigenvalue weighted by Crippen LogP contribution is -2.31. The molecule has 0 atom stereocenters. The van der Waals surface area contributed by atoms with Crippen LogP contribution in [0.4, 0.5) is 0 Å². The Hall–Kier alpha value is -1.11. The fourth-order valence-corrected chi connectivity index (χ4v) is 1.50. The molecule has 78 valence electrons. The predicted molar refractivity (Wildman–Crippen MR) is 52.8 cm³/mol. The van der Waals surface area contributed by atoms with Crippen LogP contribution in [-0.4, -0.2) is 37.9 Å². The lowest BCUT2D eigenvalue weighted by Gasteiger charge is -2.06. The maximum Gasteiger partial charge on any atom is 0.230 e. The Kier molecular flexibility index (Phi) is 3.87. The largest absolute Gasteiger partial charge is 0.353 e. The normalized spacial score (nSPS) is 10.6. The number of thioether (sulfide) groups is 1. The van der Waals surface area contributed by atoms with Crippen molar-refractivity contribution < 1.29 is 4.79 Å². The summed E-state index contributed by atoms with van der Waals surface area (Å²) in [6.45, 7) is 3.85. The second-order valence-corrected chi connectivity index (χ2v) is 4.04. The van der Waals surface area contributed by atoms with Gasteiger partial charge >= 0.3 is 0 Å². The highest BCUT2D eigenvalue weighted by atomic mass is 32.2. The summed E-state index contributed by atoms with van der Waals surface area (Å²) in [5, 5.41) is 14.3. The zero-order chi connectivity index (χ0) is 10.6.